The van der Waals surface area contributed by atoms with Gasteiger partial charge >= 0.3 is 0 Å². The second-order valence-corrected chi connectivity index (χ2v) is 10.3. The average Bonchev–Trinajstić information content (AvgIpc) is 3.59. The molecule has 7 heteroatoms. The molecule has 2 atom stereocenters. The summed E-state index contributed by atoms with van der Waals surface area (Å²) in [6, 6.07) is 19.6. The van der Waals surface area contributed by atoms with Crippen molar-refractivity contribution >= 4 is 34.5 Å². The molecule has 1 aliphatic rings. The molecule has 2 amide bonds. The zero-order valence-corrected chi connectivity index (χ0v) is 22.1. The van der Waals surface area contributed by atoms with Gasteiger partial charge < -0.3 is 19.9 Å². The SMILES string of the molecule is CC[C@H](C(=O)N(Cc1cc(NC(=O)c2cccs2)ccc1N(C)C)C[C@@H]1CCCO1)c1ccccc1. The third kappa shape index (κ3) is 6.33. The van der Waals surface area contributed by atoms with Crippen LogP contribution in [0, 0.1) is 0 Å². The van der Waals surface area contributed by atoms with Crippen LogP contribution in [0.3, 0.4) is 0 Å². The molecule has 0 saturated carbocycles. The van der Waals surface area contributed by atoms with Gasteiger partial charge in [0.1, 0.15) is 0 Å². The fraction of sp³-hybridized carbons (Fsp3) is 0.379. The van der Waals surface area contributed by atoms with Crippen LogP contribution in [-0.2, 0) is 16.1 Å². The van der Waals surface area contributed by atoms with Gasteiger partial charge in [-0.25, -0.2) is 0 Å². The first-order valence-electron chi connectivity index (χ1n) is 12.6. The van der Waals surface area contributed by atoms with Crippen molar-refractivity contribution < 1.29 is 14.3 Å². The molecule has 0 radical (unpaired) electrons. The Hall–Kier alpha value is -3.16. The number of nitrogens with one attached hydrogen (secondary N) is 1. The number of ether oxygens (including phenoxy) is 1. The lowest BCUT2D eigenvalue weighted by molar-refractivity contribution is -0.135. The van der Waals surface area contributed by atoms with Crippen molar-refractivity contribution in [3.05, 3.63) is 82.0 Å². The Balaban J connectivity index is 1.63. The molecular weight excluding hydrogens is 470 g/mol. The molecule has 1 saturated heterocycles. The second-order valence-electron chi connectivity index (χ2n) is 9.39. The van der Waals surface area contributed by atoms with Crippen molar-refractivity contribution in [2.75, 3.05) is 37.5 Å². The standard InChI is InChI=1S/C29H35N3O3S/c1-4-25(21-10-6-5-7-11-21)29(34)32(20-24-12-8-16-35-24)19-22-18-23(14-15-26(22)31(2)3)30-28(33)27-13-9-17-36-27/h5-7,9-11,13-15,17-18,24-25H,4,8,12,16,19-20H2,1-3H3,(H,30,33)/t24-,25-/m0/s1. The van der Waals surface area contributed by atoms with Crippen LogP contribution >= 0.6 is 11.3 Å². The van der Waals surface area contributed by atoms with Crippen LogP contribution in [0.25, 0.3) is 0 Å². The number of hydrogen-bond donors (Lipinski definition) is 1. The first-order chi connectivity index (χ1) is 17.5. The topological polar surface area (TPSA) is 61.9 Å². The predicted molar refractivity (Wildman–Crippen MR) is 147 cm³/mol. The third-order valence-corrected chi connectivity index (χ3v) is 7.46. The van der Waals surface area contributed by atoms with Crippen molar-refractivity contribution in [2.24, 2.45) is 0 Å². The maximum Gasteiger partial charge on any atom is 0.265 e. The zero-order valence-electron chi connectivity index (χ0n) is 21.3. The first-order valence-corrected chi connectivity index (χ1v) is 13.4. The van der Waals surface area contributed by atoms with Gasteiger partial charge in [0.25, 0.3) is 5.91 Å². The quantitative estimate of drug-likeness (QED) is 0.380. The van der Waals surface area contributed by atoms with Crippen molar-refractivity contribution in [2.45, 2.75) is 44.8 Å². The molecule has 0 bridgehead atoms. The lowest BCUT2D eigenvalue weighted by Crippen LogP contribution is -2.40. The van der Waals surface area contributed by atoms with Crippen LogP contribution in [0.5, 0.6) is 0 Å². The molecular formula is C29H35N3O3S. The maximum absolute atomic E-state index is 14.0. The Morgan fingerprint density at radius 3 is 2.56 bits per heavy atom. The molecule has 0 aliphatic carbocycles. The van der Waals surface area contributed by atoms with E-state index in [0.717, 1.165) is 42.7 Å². The van der Waals surface area contributed by atoms with Crippen molar-refractivity contribution in [3.63, 3.8) is 0 Å². The minimum absolute atomic E-state index is 0.0479. The largest absolute Gasteiger partial charge is 0.377 e. The van der Waals surface area contributed by atoms with E-state index < -0.39 is 0 Å². The van der Waals surface area contributed by atoms with E-state index in [9.17, 15) is 9.59 Å². The summed E-state index contributed by atoms with van der Waals surface area (Å²) in [4.78, 5) is 31.3. The third-order valence-electron chi connectivity index (χ3n) is 6.59. The molecule has 1 aliphatic heterocycles. The summed E-state index contributed by atoms with van der Waals surface area (Å²) in [5.41, 5.74) is 3.75. The fourth-order valence-corrected chi connectivity index (χ4v) is 5.38. The summed E-state index contributed by atoms with van der Waals surface area (Å²) >= 11 is 1.41. The van der Waals surface area contributed by atoms with Gasteiger partial charge in [-0.05, 0) is 60.0 Å². The van der Waals surface area contributed by atoms with Crippen LogP contribution < -0.4 is 10.2 Å². The van der Waals surface area contributed by atoms with Gasteiger partial charge in [-0.1, -0.05) is 43.3 Å². The molecule has 6 nitrogen and oxygen atoms in total. The van der Waals surface area contributed by atoms with Crippen molar-refractivity contribution in [1.29, 1.82) is 0 Å². The molecule has 0 unspecified atom stereocenters. The lowest BCUT2D eigenvalue weighted by atomic mass is 9.94. The zero-order chi connectivity index (χ0) is 25.5. The number of benzene rings is 2. The lowest BCUT2D eigenvalue weighted by Gasteiger charge is -2.31. The van der Waals surface area contributed by atoms with Crippen LogP contribution in [0.2, 0.25) is 0 Å². The van der Waals surface area contributed by atoms with E-state index in [2.05, 4.69) is 12.2 Å². The van der Waals surface area contributed by atoms with E-state index in [1.165, 1.54) is 11.3 Å². The Morgan fingerprint density at radius 1 is 1.11 bits per heavy atom. The molecule has 3 aromatic rings. The molecule has 36 heavy (non-hydrogen) atoms. The number of hydrogen-bond acceptors (Lipinski definition) is 5. The number of rotatable bonds is 10. The van der Waals surface area contributed by atoms with Gasteiger partial charge in [-0.3, -0.25) is 9.59 Å². The number of amides is 2. The van der Waals surface area contributed by atoms with Gasteiger partial charge in [-0.15, -0.1) is 11.3 Å². The highest BCUT2D eigenvalue weighted by molar-refractivity contribution is 7.12. The van der Waals surface area contributed by atoms with E-state index in [0.29, 0.717) is 23.7 Å². The van der Waals surface area contributed by atoms with Crippen LogP contribution in [0.1, 0.15) is 52.9 Å². The minimum Gasteiger partial charge on any atom is -0.377 e. The molecule has 1 fully saturated rings. The smallest absolute Gasteiger partial charge is 0.265 e. The Labute approximate surface area is 217 Å². The maximum atomic E-state index is 14.0. The van der Waals surface area contributed by atoms with Gasteiger partial charge in [-0.2, -0.15) is 0 Å². The van der Waals surface area contributed by atoms with Crippen molar-refractivity contribution in [3.8, 4) is 0 Å². The Bertz CT molecular complexity index is 1140. The summed E-state index contributed by atoms with van der Waals surface area (Å²) in [6.07, 6.45) is 2.76. The first kappa shape index (κ1) is 25.9. The molecule has 190 valence electrons. The monoisotopic (exact) mass is 505 g/mol. The Morgan fingerprint density at radius 2 is 1.92 bits per heavy atom. The van der Waals surface area contributed by atoms with Gasteiger partial charge in [0.15, 0.2) is 0 Å². The molecule has 1 N–H and O–H groups in total. The summed E-state index contributed by atoms with van der Waals surface area (Å²) in [7, 11) is 3.99. The van der Waals surface area contributed by atoms with Crippen molar-refractivity contribution in [1.82, 2.24) is 4.90 Å². The van der Waals surface area contributed by atoms with E-state index in [4.69, 9.17) is 4.74 Å². The van der Waals surface area contributed by atoms with E-state index >= 15 is 0 Å². The van der Waals surface area contributed by atoms with E-state index in [1.54, 1.807) is 0 Å². The second kappa shape index (κ2) is 12.2. The number of carbonyl (C=O) groups is 2. The van der Waals surface area contributed by atoms with E-state index in [-0.39, 0.29) is 23.8 Å². The Kier molecular flexibility index (Phi) is 8.78. The highest BCUT2D eigenvalue weighted by Gasteiger charge is 2.29. The number of nitrogens with zero attached hydrogens (tertiary/aromatic N) is 2. The average molecular weight is 506 g/mol. The summed E-state index contributed by atoms with van der Waals surface area (Å²) in [6.45, 7) is 3.81. The number of thiophene rings is 1. The molecule has 1 aromatic heterocycles. The summed E-state index contributed by atoms with van der Waals surface area (Å²) in [5, 5.41) is 4.90. The van der Waals surface area contributed by atoms with Crippen LogP contribution in [0.15, 0.2) is 66.0 Å². The van der Waals surface area contributed by atoms with Gasteiger partial charge in [0, 0.05) is 45.2 Å². The predicted octanol–water partition coefficient (Wildman–Crippen LogP) is 5.77. The van der Waals surface area contributed by atoms with Crippen LogP contribution in [-0.4, -0.2) is 50.1 Å². The van der Waals surface area contributed by atoms with Gasteiger partial charge in [0.05, 0.1) is 16.9 Å². The number of carbonyl (C=O) groups excluding carboxylic acids is 2. The molecule has 0 spiro atoms. The highest BCUT2D eigenvalue weighted by atomic mass is 32.1. The normalized spacial score (nSPS) is 15.9. The molecule has 2 heterocycles. The minimum atomic E-state index is -0.211. The summed E-state index contributed by atoms with van der Waals surface area (Å²) < 4.78 is 5.93. The molecule has 2 aromatic carbocycles. The van der Waals surface area contributed by atoms with Crippen LogP contribution in [0.4, 0.5) is 11.4 Å². The van der Waals surface area contributed by atoms with Gasteiger partial charge in [0.2, 0.25) is 5.91 Å². The highest BCUT2D eigenvalue weighted by Crippen LogP contribution is 2.29. The fourth-order valence-electron chi connectivity index (χ4n) is 4.76. The molecule has 4 rings (SSSR count). The van der Waals surface area contributed by atoms with E-state index in [1.807, 2.05) is 89.9 Å². The number of anilines is 2. The summed E-state index contributed by atoms with van der Waals surface area (Å²) in [5.74, 6) is -0.231.